The Morgan fingerprint density at radius 3 is 0.722 bits per heavy atom. The Morgan fingerprint density at radius 2 is 0.722 bits per heavy atom. The fourth-order valence-corrected chi connectivity index (χ4v) is 0. The number of carboxylic acids is 4. The summed E-state index contributed by atoms with van der Waals surface area (Å²) >= 11 is 0. The van der Waals surface area contributed by atoms with E-state index in [2.05, 4.69) is 0 Å². The van der Waals surface area contributed by atoms with E-state index in [-0.39, 0.29) is 22.3 Å². The molecule has 0 aromatic carbocycles. The van der Waals surface area contributed by atoms with E-state index < -0.39 is 23.9 Å². The molecule has 0 bridgehead atoms. The second-order valence-electron chi connectivity index (χ2n) is 2.02. The van der Waals surface area contributed by atoms with Crippen molar-refractivity contribution in [2.45, 2.75) is 27.7 Å². The van der Waals surface area contributed by atoms with Gasteiger partial charge in [-0.15, -0.1) is 0 Å². The molecule has 0 spiro atoms. The van der Waals surface area contributed by atoms with E-state index in [0.29, 0.717) is 0 Å². The second-order valence-corrected chi connectivity index (χ2v) is 2.02. The van der Waals surface area contributed by atoms with Crippen LogP contribution in [-0.4, -0.2) is 39.6 Å². The van der Waals surface area contributed by atoms with Crippen LogP contribution >= 0.6 is 0 Å². The van der Waals surface area contributed by atoms with Gasteiger partial charge in [0.2, 0.25) is 0 Å². The zero-order chi connectivity index (χ0) is 14.3. The first kappa shape index (κ1) is 36.0. The molecule has 9 nitrogen and oxygen atoms in total. The Morgan fingerprint density at radius 1 is 0.722 bits per heavy atom. The van der Waals surface area contributed by atoms with Crippen molar-refractivity contribution >= 4 is 23.9 Å². The van der Waals surface area contributed by atoms with Crippen LogP contribution in [-0.2, 0) is 36.0 Å². The third-order valence-corrected chi connectivity index (χ3v) is 0. The first-order valence-corrected chi connectivity index (χ1v) is 3.67. The van der Waals surface area contributed by atoms with E-state index in [1.807, 2.05) is 0 Å². The average Bonchev–Trinajstić information content (AvgIpc) is 1.76. The van der Waals surface area contributed by atoms with Crippen LogP contribution in [0.3, 0.4) is 0 Å². The van der Waals surface area contributed by atoms with Crippen LogP contribution in [0, 0.1) is 0 Å². The third kappa shape index (κ3) is 935. The summed E-state index contributed by atoms with van der Waals surface area (Å²) in [5.74, 6) is -3.83. The molecular weight excluding hydrogens is 299 g/mol. The van der Waals surface area contributed by atoms with Gasteiger partial charge in [-0.05, 0) is 13.8 Å². The van der Waals surface area contributed by atoms with Gasteiger partial charge in [0.05, 0.1) is 0 Å². The molecule has 0 heterocycles. The molecule has 18 heavy (non-hydrogen) atoms. The summed E-state index contributed by atoms with van der Waals surface area (Å²) in [6, 6.07) is 0. The van der Waals surface area contributed by atoms with Gasteiger partial charge in [-0.1, -0.05) is 0 Å². The first-order chi connectivity index (χ1) is 6.93. The summed E-state index contributed by atoms with van der Waals surface area (Å²) in [7, 11) is 0. The topological polar surface area (TPSA) is 186 Å². The maximum atomic E-state index is 9.00. The van der Waals surface area contributed by atoms with Gasteiger partial charge in [0.15, 0.2) is 0 Å². The van der Waals surface area contributed by atoms with Crippen LogP contribution in [0.25, 0.3) is 0 Å². The van der Waals surface area contributed by atoms with Gasteiger partial charge in [0, 0.05) is 25.8 Å². The number of carbonyl (C=O) groups excluding carboxylic acids is 2. The van der Waals surface area contributed by atoms with Crippen molar-refractivity contribution in [1.82, 2.24) is 0 Å². The minimum atomic E-state index is -1.08. The number of rotatable bonds is 0. The van der Waals surface area contributed by atoms with E-state index >= 15 is 0 Å². The molecule has 0 aliphatic heterocycles. The molecule has 0 saturated heterocycles. The van der Waals surface area contributed by atoms with Gasteiger partial charge in [-0.25, -0.2) is 0 Å². The molecule has 0 aromatic rings. The molecule has 0 amide bonds. The van der Waals surface area contributed by atoms with E-state index in [0.717, 1.165) is 27.7 Å². The van der Waals surface area contributed by atoms with E-state index in [4.69, 9.17) is 39.6 Å². The Kier molecular flexibility index (Phi) is 59.0. The first-order valence-electron chi connectivity index (χ1n) is 3.67. The molecule has 0 aliphatic carbocycles. The molecule has 111 valence electrons. The Balaban J connectivity index is -0.0000000257. The number of carboxylic acid groups (broad SMARTS) is 4. The third-order valence-electron chi connectivity index (χ3n) is 0. The predicted molar refractivity (Wildman–Crippen MR) is 51.6 cm³/mol. The van der Waals surface area contributed by atoms with Crippen molar-refractivity contribution in [3.8, 4) is 0 Å². The normalized spacial score (nSPS) is 5.56. The van der Waals surface area contributed by atoms with Crippen molar-refractivity contribution in [3.05, 3.63) is 0 Å². The van der Waals surface area contributed by atoms with Crippen LogP contribution in [0.5, 0.6) is 0 Å². The molecule has 0 saturated carbocycles. The molecule has 4 N–H and O–H groups in total. The molecule has 0 fully saturated rings. The van der Waals surface area contributed by atoms with E-state index in [9.17, 15) is 0 Å². The second kappa shape index (κ2) is 29.5. The molecule has 0 aliphatic rings. The fraction of sp³-hybridized carbons (Fsp3) is 0.500. The molecule has 0 unspecified atom stereocenters. The summed E-state index contributed by atoms with van der Waals surface area (Å²) < 4.78 is 0. The Labute approximate surface area is 114 Å². The van der Waals surface area contributed by atoms with Gasteiger partial charge in [0.25, 0.3) is 11.9 Å². The molecule has 0 rings (SSSR count). The average molecular weight is 315 g/mol. The maximum absolute atomic E-state index is 9.00. The molecule has 1 radical (unpaired) electrons. The Hall–Kier alpha value is -1.65. The van der Waals surface area contributed by atoms with Crippen LogP contribution in [0.2, 0.25) is 0 Å². The zero-order valence-electron chi connectivity index (χ0n) is 10.2. The summed E-state index contributed by atoms with van der Waals surface area (Å²) in [4.78, 5) is 35.8. The minimum absolute atomic E-state index is 0. The molecule has 10 heteroatoms. The number of aliphatic carboxylic acids is 4. The SMILES string of the molecule is CC(=O)O.CC(=O)O.CC(=O)[O-].CC(=O)[O-].O.[Co+2]. The van der Waals surface area contributed by atoms with Crippen molar-refractivity contribution in [2.75, 3.05) is 0 Å². The number of hydrogen-bond donors (Lipinski definition) is 2. The fourth-order valence-electron chi connectivity index (χ4n) is 0. The van der Waals surface area contributed by atoms with Gasteiger partial charge in [0.1, 0.15) is 0 Å². The Bertz CT molecular complexity index is 163. The van der Waals surface area contributed by atoms with Crippen molar-refractivity contribution in [2.24, 2.45) is 0 Å². The van der Waals surface area contributed by atoms with Crippen molar-refractivity contribution < 1.29 is 61.9 Å². The maximum Gasteiger partial charge on any atom is 2.00 e. The number of hydrogen-bond acceptors (Lipinski definition) is 6. The zero-order valence-corrected chi connectivity index (χ0v) is 11.2. The van der Waals surface area contributed by atoms with Gasteiger partial charge in [-0.2, -0.15) is 0 Å². The standard InChI is InChI=1S/4C2H4O2.Co.H2O/c4*1-2(3)4;;/h4*1H3,(H,3,4);;1H2/q;;;;+2;/p-2. The predicted octanol–water partition coefficient (Wildman–Crippen LogP) is -3.13. The monoisotopic (exact) mass is 315 g/mol. The van der Waals surface area contributed by atoms with Crippen LogP contribution in [0.1, 0.15) is 27.7 Å². The van der Waals surface area contributed by atoms with Crippen LogP contribution in [0.15, 0.2) is 0 Å². The van der Waals surface area contributed by atoms with Crippen molar-refractivity contribution in [1.29, 1.82) is 0 Å². The molecular formula is C8H16CoO9. The summed E-state index contributed by atoms with van der Waals surface area (Å²) in [6.07, 6.45) is 0. The molecule has 0 atom stereocenters. The summed E-state index contributed by atoms with van der Waals surface area (Å²) in [6.45, 7) is 4.11. The summed E-state index contributed by atoms with van der Waals surface area (Å²) in [5.41, 5.74) is 0. The van der Waals surface area contributed by atoms with Gasteiger partial charge in [-0.3, -0.25) is 9.59 Å². The minimum Gasteiger partial charge on any atom is -0.550 e. The molecule has 0 aromatic heterocycles. The quantitative estimate of drug-likeness (QED) is 0.469. The smallest absolute Gasteiger partial charge is 0.550 e. The van der Waals surface area contributed by atoms with E-state index in [1.165, 1.54) is 0 Å². The van der Waals surface area contributed by atoms with Gasteiger partial charge >= 0.3 is 16.8 Å². The van der Waals surface area contributed by atoms with E-state index in [1.54, 1.807) is 0 Å². The van der Waals surface area contributed by atoms with Crippen LogP contribution < -0.4 is 10.2 Å². The van der Waals surface area contributed by atoms with Gasteiger partial charge < -0.3 is 35.5 Å². The van der Waals surface area contributed by atoms with Crippen molar-refractivity contribution in [3.63, 3.8) is 0 Å². The number of carbonyl (C=O) groups is 4. The van der Waals surface area contributed by atoms with Crippen LogP contribution in [0.4, 0.5) is 0 Å². The largest absolute Gasteiger partial charge is 2.00 e. The summed E-state index contributed by atoms with van der Waals surface area (Å²) in [5, 5.41) is 32.6.